The minimum Gasteiger partial charge on any atom is -0.396 e. The van der Waals surface area contributed by atoms with Crippen molar-refractivity contribution < 1.29 is 5.11 Å². The highest BCUT2D eigenvalue weighted by atomic mass is 16.3. The number of nitriles is 2. The van der Waals surface area contributed by atoms with E-state index in [0.29, 0.717) is 38.6 Å². The van der Waals surface area contributed by atoms with Crippen molar-refractivity contribution in [3.63, 3.8) is 0 Å². The van der Waals surface area contributed by atoms with Gasteiger partial charge in [0.05, 0.1) is 12.1 Å². The van der Waals surface area contributed by atoms with Crippen LogP contribution >= 0.6 is 0 Å². The summed E-state index contributed by atoms with van der Waals surface area (Å²) >= 11 is 0. The van der Waals surface area contributed by atoms with E-state index < -0.39 is 5.41 Å². The SMILES string of the molecule is [C-]#[N+]CCC(CO)(CCC#N)CCC#N. The third-order valence-corrected chi connectivity index (χ3v) is 2.62. The van der Waals surface area contributed by atoms with E-state index in [-0.39, 0.29) is 6.61 Å². The van der Waals surface area contributed by atoms with Crippen LogP contribution in [-0.2, 0) is 0 Å². The molecule has 0 aliphatic rings. The Bertz CT molecular complexity index is 247. The van der Waals surface area contributed by atoms with Crippen LogP contribution in [0.4, 0.5) is 0 Å². The Morgan fingerprint density at radius 1 is 1.13 bits per heavy atom. The quantitative estimate of drug-likeness (QED) is 0.645. The van der Waals surface area contributed by atoms with Gasteiger partial charge in [-0.05, 0) is 12.8 Å². The van der Waals surface area contributed by atoms with Gasteiger partial charge in [0, 0.05) is 31.3 Å². The summed E-state index contributed by atoms with van der Waals surface area (Å²) in [4.78, 5) is 3.26. The maximum Gasteiger partial charge on any atom is 0.215 e. The Hall–Kier alpha value is -1.57. The van der Waals surface area contributed by atoms with Gasteiger partial charge in [0.15, 0.2) is 0 Å². The second kappa shape index (κ2) is 7.80. The molecule has 0 spiro atoms. The van der Waals surface area contributed by atoms with Crippen LogP contribution in [0.5, 0.6) is 0 Å². The Labute approximate surface area is 90.6 Å². The molecule has 80 valence electrons. The van der Waals surface area contributed by atoms with Gasteiger partial charge in [-0.1, -0.05) is 0 Å². The molecule has 1 N–H and O–H groups in total. The standard InChI is InChI=1S/C11H15N3O/c1-14-9-6-11(10-15,4-2-7-12)5-3-8-13/h15H,2-6,9-10H2. The van der Waals surface area contributed by atoms with E-state index in [1.54, 1.807) is 0 Å². The van der Waals surface area contributed by atoms with Crippen LogP contribution in [0.2, 0.25) is 0 Å². The molecule has 0 heterocycles. The molecule has 0 amide bonds. The molecule has 4 heteroatoms. The van der Waals surface area contributed by atoms with E-state index in [9.17, 15) is 5.11 Å². The molecule has 15 heavy (non-hydrogen) atoms. The van der Waals surface area contributed by atoms with Crippen LogP contribution < -0.4 is 0 Å². The number of rotatable bonds is 7. The highest BCUT2D eigenvalue weighted by Crippen LogP contribution is 2.33. The number of aliphatic hydroxyl groups is 1. The van der Waals surface area contributed by atoms with Crippen LogP contribution in [-0.4, -0.2) is 18.3 Å². The average Bonchev–Trinajstić information content (AvgIpc) is 2.29. The van der Waals surface area contributed by atoms with Crippen molar-refractivity contribution in [1.82, 2.24) is 0 Å². The largest absolute Gasteiger partial charge is 0.396 e. The molecular weight excluding hydrogens is 190 g/mol. The maximum atomic E-state index is 9.33. The Morgan fingerprint density at radius 3 is 2.00 bits per heavy atom. The van der Waals surface area contributed by atoms with Crippen molar-refractivity contribution in [2.45, 2.75) is 32.1 Å². The van der Waals surface area contributed by atoms with E-state index in [4.69, 9.17) is 17.1 Å². The summed E-state index contributed by atoms with van der Waals surface area (Å²) in [7, 11) is 0. The summed E-state index contributed by atoms with van der Waals surface area (Å²) in [5.74, 6) is 0. The molecular formula is C11H15N3O. The third kappa shape index (κ3) is 5.01. The minimum absolute atomic E-state index is 0.0497. The summed E-state index contributed by atoms with van der Waals surface area (Å²) in [6, 6.07) is 4.08. The number of aliphatic hydroxyl groups excluding tert-OH is 1. The van der Waals surface area contributed by atoms with Gasteiger partial charge in [-0.3, -0.25) is 0 Å². The molecule has 0 aliphatic heterocycles. The Kier molecular flexibility index (Phi) is 6.98. The lowest BCUT2D eigenvalue weighted by atomic mass is 9.77. The Morgan fingerprint density at radius 2 is 1.67 bits per heavy atom. The van der Waals surface area contributed by atoms with Crippen molar-refractivity contribution >= 4 is 0 Å². The first-order valence-electron chi connectivity index (χ1n) is 4.92. The molecule has 0 aromatic rings. The first kappa shape index (κ1) is 13.4. The zero-order chi connectivity index (χ0) is 11.6. The maximum absolute atomic E-state index is 9.33. The highest BCUT2D eigenvalue weighted by molar-refractivity contribution is 4.88. The summed E-state index contributed by atoms with van der Waals surface area (Å²) in [5.41, 5.74) is -0.407. The summed E-state index contributed by atoms with van der Waals surface area (Å²) < 4.78 is 0. The fourth-order valence-electron chi connectivity index (χ4n) is 1.55. The fourth-order valence-corrected chi connectivity index (χ4v) is 1.55. The first-order chi connectivity index (χ1) is 7.24. The van der Waals surface area contributed by atoms with E-state index in [1.165, 1.54) is 0 Å². The second-order valence-corrected chi connectivity index (χ2v) is 3.61. The van der Waals surface area contributed by atoms with E-state index >= 15 is 0 Å². The van der Waals surface area contributed by atoms with Crippen LogP contribution in [0, 0.1) is 34.6 Å². The van der Waals surface area contributed by atoms with Gasteiger partial charge in [0.2, 0.25) is 6.54 Å². The lowest BCUT2D eigenvalue weighted by molar-refractivity contribution is 0.102. The summed E-state index contributed by atoms with van der Waals surface area (Å²) in [5, 5.41) is 26.4. The van der Waals surface area contributed by atoms with E-state index in [2.05, 4.69) is 4.85 Å². The van der Waals surface area contributed by atoms with Crippen LogP contribution in [0.1, 0.15) is 32.1 Å². The van der Waals surface area contributed by atoms with Gasteiger partial charge in [0.25, 0.3) is 0 Å². The molecule has 0 saturated carbocycles. The molecule has 0 bridgehead atoms. The van der Waals surface area contributed by atoms with Crippen molar-refractivity contribution in [2.24, 2.45) is 5.41 Å². The molecule has 0 aliphatic carbocycles. The van der Waals surface area contributed by atoms with Crippen molar-refractivity contribution in [1.29, 1.82) is 10.5 Å². The van der Waals surface area contributed by atoms with Crippen LogP contribution in [0.25, 0.3) is 4.85 Å². The van der Waals surface area contributed by atoms with Crippen molar-refractivity contribution in [2.75, 3.05) is 13.2 Å². The highest BCUT2D eigenvalue weighted by Gasteiger charge is 2.29. The average molecular weight is 205 g/mol. The predicted octanol–water partition coefficient (Wildman–Crippen LogP) is 1.88. The van der Waals surface area contributed by atoms with E-state index in [1.807, 2.05) is 12.1 Å². The molecule has 0 saturated heterocycles. The third-order valence-electron chi connectivity index (χ3n) is 2.62. The Balaban J connectivity index is 4.40. The molecule has 0 radical (unpaired) electrons. The second-order valence-electron chi connectivity index (χ2n) is 3.61. The van der Waals surface area contributed by atoms with Gasteiger partial charge in [0.1, 0.15) is 0 Å². The molecule has 0 unspecified atom stereocenters. The van der Waals surface area contributed by atoms with Crippen molar-refractivity contribution in [3.05, 3.63) is 11.4 Å². The first-order valence-corrected chi connectivity index (χ1v) is 4.92. The van der Waals surface area contributed by atoms with Crippen LogP contribution in [0.15, 0.2) is 0 Å². The molecule has 4 nitrogen and oxygen atoms in total. The summed E-state index contributed by atoms with van der Waals surface area (Å²) in [6.07, 6.45) is 2.43. The normalized spacial score (nSPS) is 10.0. The molecule has 0 fully saturated rings. The van der Waals surface area contributed by atoms with E-state index in [0.717, 1.165) is 0 Å². The fraction of sp³-hybridized carbons (Fsp3) is 0.727. The molecule has 0 aromatic carbocycles. The lowest BCUT2D eigenvalue weighted by Gasteiger charge is -2.28. The lowest BCUT2D eigenvalue weighted by Crippen LogP contribution is -2.26. The topological polar surface area (TPSA) is 72.2 Å². The van der Waals surface area contributed by atoms with Crippen LogP contribution in [0.3, 0.4) is 0 Å². The number of nitrogens with zero attached hydrogens (tertiary/aromatic N) is 3. The monoisotopic (exact) mass is 205 g/mol. The van der Waals surface area contributed by atoms with Gasteiger partial charge in [-0.2, -0.15) is 10.5 Å². The number of hydrogen-bond acceptors (Lipinski definition) is 3. The van der Waals surface area contributed by atoms with Gasteiger partial charge in [-0.15, -0.1) is 0 Å². The number of hydrogen-bond donors (Lipinski definition) is 1. The zero-order valence-corrected chi connectivity index (χ0v) is 8.74. The van der Waals surface area contributed by atoms with Crippen molar-refractivity contribution in [3.8, 4) is 12.1 Å². The molecule has 0 atom stereocenters. The minimum atomic E-state index is -0.407. The van der Waals surface area contributed by atoms with Gasteiger partial charge < -0.3 is 9.95 Å². The molecule has 0 rings (SSSR count). The molecule has 0 aromatic heterocycles. The summed E-state index contributed by atoms with van der Waals surface area (Å²) in [6.45, 7) is 7.02. The van der Waals surface area contributed by atoms with Gasteiger partial charge >= 0.3 is 0 Å². The zero-order valence-electron chi connectivity index (χ0n) is 8.74. The predicted molar refractivity (Wildman–Crippen MR) is 55.3 cm³/mol. The van der Waals surface area contributed by atoms with Gasteiger partial charge in [-0.25, -0.2) is 6.57 Å². The smallest absolute Gasteiger partial charge is 0.215 e.